The molecule has 0 aliphatic heterocycles. The Morgan fingerprint density at radius 3 is 2.53 bits per heavy atom. The molecule has 2 aromatic carbocycles. The van der Waals surface area contributed by atoms with Gasteiger partial charge in [0.1, 0.15) is 0 Å². The summed E-state index contributed by atoms with van der Waals surface area (Å²) in [6, 6.07) is 11.2. The number of methoxy groups -OCH3 is 1. The van der Waals surface area contributed by atoms with E-state index in [1.807, 2.05) is 0 Å². The van der Waals surface area contributed by atoms with Crippen molar-refractivity contribution in [3.8, 4) is 11.4 Å². The van der Waals surface area contributed by atoms with Crippen molar-refractivity contribution in [1.82, 2.24) is 15.1 Å². The molecule has 0 spiro atoms. The van der Waals surface area contributed by atoms with Gasteiger partial charge in [-0.1, -0.05) is 12.1 Å². The van der Waals surface area contributed by atoms with Gasteiger partial charge in [0, 0.05) is 17.3 Å². The number of nitrogens with zero attached hydrogens (tertiary/aromatic N) is 2. The SMILES string of the molecule is COc1cn(-c2cccc(C(F)(F)F)c2)nc1C(=O)Nc1cccc(C(=O)NC2CC2)c1. The molecule has 32 heavy (non-hydrogen) atoms. The van der Waals surface area contributed by atoms with Crippen LogP contribution in [0.1, 0.15) is 39.3 Å². The molecule has 0 saturated heterocycles. The first kappa shape index (κ1) is 21.4. The Morgan fingerprint density at radius 1 is 1.09 bits per heavy atom. The number of rotatable bonds is 6. The number of alkyl halides is 3. The van der Waals surface area contributed by atoms with Gasteiger partial charge in [0.25, 0.3) is 11.8 Å². The minimum Gasteiger partial charge on any atom is -0.493 e. The smallest absolute Gasteiger partial charge is 0.416 e. The highest BCUT2D eigenvalue weighted by atomic mass is 19.4. The molecule has 1 aliphatic carbocycles. The third kappa shape index (κ3) is 4.74. The summed E-state index contributed by atoms with van der Waals surface area (Å²) in [5, 5.41) is 9.62. The summed E-state index contributed by atoms with van der Waals surface area (Å²) >= 11 is 0. The molecule has 1 saturated carbocycles. The Morgan fingerprint density at radius 2 is 1.84 bits per heavy atom. The van der Waals surface area contributed by atoms with Crippen LogP contribution in [0.25, 0.3) is 5.69 Å². The number of aromatic nitrogens is 2. The largest absolute Gasteiger partial charge is 0.493 e. The van der Waals surface area contributed by atoms with Gasteiger partial charge in [-0.15, -0.1) is 0 Å². The monoisotopic (exact) mass is 444 g/mol. The predicted molar refractivity (Wildman–Crippen MR) is 110 cm³/mol. The first-order chi connectivity index (χ1) is 15.2. The number of amides is 2. The molecule has 1 heterocycles. The van der Waals surface area contributed by atoms with Gasteiger partial charge in [-0.25, -0.2) is 4.68 Å². The molecule has 0 atom stereocenters. The lowest BCUT2D eigenvalue weighted by Crippen LogP contribution is -2.25. The van der Waals surface area contributed by atoms with E-state index in [9.17, 15) is 22.8 Å². The Balaban J connectivity index is 1.56. The van der Waals surface area contributed by atoms with Crippen LogP contribution >= 0.6 is 0 Å². The van der Waals surface area contributed by atoms with E-state index >= 15 is 0 Å². The van der Waals surface area contributed by atoms with Crippen molar-refractivity contribution in [2.75, 3.05) is 12.4 Å². The molecule has 0 bridgehead atoms. The maximum Gasteiger partial charge on any atom is 0.416 e. The maximum atomic E-state index is 13.0. The number of hydrogen-bond donors (Lipinski definition) is 2. The van der Waals surface area contributed by atoms with Crippen molar-refractivity contribution in [3.05, 3.63) is 71.5 Å². The van der Waals surface area contributed by atoms with Crippen molar-refractivity contribution in [2.45, 2.75) is 25.1 Å². The van der Waals surface area contributed by atoms with Crippen LogP contribution in [0.3, 0.4) is 0 Å². The summed E-state index contributed by atoms with van der Waals surface area (Å²) in [7, 11) is 1.33. The van der Waals surface area contributed by atoms with Crippen LogP contribution in [0.2, 0.25) is 0 Å². The second-order valence-electron chi connectivity index (χ2n) is 7.32. The van der Waals surface area contributed by atoms with Crippen molar-refractivity contribution in [3.63, 3.8) is 0 Å². The van der Waals surface area contributed by atoms with E-state index in [2.05, 4.69) is 15.7 Å². The molecular weight excluding hydrogens is 425 g/mol. The Kier molecular flexibility index (Phi) is 5.60. The fourth-order valence-corrected chi connectivity index (χ4v) is 3.05. The minimum absolute atomic E-state index is 0.0857. The number of ether oxygens (including phenoxy) is 1. The van der Waals surface area contributed by atoms with E-state index in [0.717, 1.165) is 29.7 Å². The lowest BCUT2D eigenvalue weighted by Gasteiger charge is -2.08. The van der Waals surface area contributed by atoms with E-state index in [1.165, 1.54) is 31.5 Å². The van der Waals surface area contributed by atoms with Gasteiger partial charge in [0.15, 0.2) is 11.4 Å². The molecule has 10 heteroatoms. The van der Waals surface area contributed by atoms with Crippen molar-refractivity contribution in [2.24, 2.45) is 0 Å². The van der Waals surface area contributed by atoms with Gasteiger partial charge >= 0.3 is 6.18 Å². The molecular formula is C22H19F3N4O3. The first-order valence-electron chi connectivity index (χ1n) is 9.78. The molecule has 1 aromatic heterocycles. The van der Waals surface area contributed by atoms with E-state index in [4.69, 9.17) is 4.74 Å². The van der Waals surface area contributed by atoms with Gasteiger partial charge in [-0.2, -0.15) is 18.3 Å². The Bertz CT molecular complexity index is 1170. The standard InChI is InChI=1S/C22H19F3N4O3/c1-32-18-12-29(17-7-3-5-14(11-17)22(23,24)25)28-19(18)21(31)27-16-6-2-4-13(10-16)20(30)26-15-8-9-15/h2-7,10-12,15H,8-9H2,1H3,(H,26,30)(H,27,31). The van der Waals surface area contributed by atoms with Gasteiger partial charge in [0.05, 0.1) is 24.6 Å². The third-order valence-electron chi connectivity index (χ3n) is 4.85. The highest BCUT2D eigenvalue weighted by Gasteiger charge is 2.31. The van der Waals surface area contributed by atoms with Crippen molar-refractivity contribution >= 4 is 17.5 Å². The predicted octanol–water partition coefficient (Wildman–Crippen LogP) is 4.04. The molecule has 0 radical (unpaired) electrons. The number of carbonyl (C=O) groups excluding carboxylic acids is 2. The van der Waals surface area contributed by atoms with E-state index in [0.29, 0.717) is 11.3 Å². The summed E-state index contributed by atoms with van der Waals surface area (Å²) in [4.78, 5) is 25.0. The molecule has 0 unspecified atom stereocenters. The zero-order chi connectivity index (χ0) is 22.9. The normalized spacial score (nSPS) is 13.5. The Labute approximate surface area is 181 Å². The molecule has 4 rings (SSSR count). The topological polar surface area (TPSA) is 85.2 Å². The summed E-state index contributed by atoms with van der Waals surface area (Å²) in [5.41, 5.74) is -0.0595. The third-order valence-corrected chi connectivity index (χ3v) is 4.85. The summed E-state index contributed by atoms with van der Waals surface area (Å²) in [6.07, 6.45) is -1.28. The van der Waals surface area contributed by atoms with Gasteiger partial charge in [-0.05, 0) is 49.2 Å². The van der Waals surface area contributed by atoms with Gasteiger partial charge in [0.2, 0.25) is 0 Å². The van der Waals surface area contributed by atoms with Crippen LogP contribution in [0.15, 0.2) is 54.7 Å². The van der Waals surface area contributed by atoms with E-state index in [-0.39, 0.29) is 29.1 Å². The Hall–Kier alpha value is -3.82. The van der Waals surface area contributed by atoms with Gasteiger partial charge in [-0.3, -0.25) is 9.59 Å². The lowest BCUT2D eigenvalue weighted by atomic mass is 10.2. The summed E-state index contributed by atoms with van der Waals surface area (Å²) in [6.45, 7) is 0. The summed E-state index contributed by atoms with van der Waals surface area (Å²) in [5.74, 6) is -0.773. The minimum atomic E-state index is -4.51. The number of hydrogen-bond acceptors (Lipinski definition) is 4. The van der Waals surface area contributed by atoms with Crippen LogP contribution < -0.4 is 15.4 Å². The highest BCUT2D eigenvalue weighted by Crippen LogP contribution is 2.31. The first-order valence-corrected chi connectivity index (χ1v) is 9.78. The zero-order valence-electron chi connectivity index (χ0n) is 16.9. The zero-order valence-corrected chi connectivity index (χ0v) is 16.9. The number of nitrogens with one attached hydrogen (secondary N) is 2. The molecule has 2 N–H and O–H groups in total. The average molecular weight is 444 g/mol. The van der Waals surface area contributed by atoms with Crippen molar-refractivity contribution < 1.29 is 27.5 Å². The number of carbonyl (C=O) groups is 2. The fourth-order valence-electron chi connectivity index (χ4n) is 3.05. The van der Waals surface area contributed by atoms with Crippen LogP contribution in [0, 0.1) is 0 Å². The average Bonchev–Trinajstić information content (AvgIpc) is 3.47. The second-order valence-corrected chi connectivity index (χ2v) is 7.32. The molecule has 7 nitrogen and oxygen atoms in total. The highest BCUT2D eigenvalue weighted by molar-refractivity contribution is 6.05. The number of halogens is 3. The van der Waals surface area contributed by atoms with Crippen LogP contribution in [-0.4, -0.2) is 34.7 Å². The van der Waals surface area contributed by atoms with E-state index < -0.39 is 17.6 Å². The number of benzene rings is 2. The van der Waals surface area contributed by atoms with Gasteiger partial charge < -0.3 is 15.4 Å². The summed E-state index contributed by atoms with van der Waals surface area (Å²) < 4.78 is 45.4. The maximum absolute atomic E-state index is 13.0. The molecule has 2 amide bonds. The molecule has 3 aromatic rings. The van der Waals surface area contributed by atoms with E-state index in [1.54, 1.807) is 18.2 Å². The molecule has 166 valence electrons. The number of anilines is 1. The quantitative estimate of drug-likeness (QED) is 0.601. The van der Waals surface area contributed by atoms with Crippen LogP contribution in [0.5, 0.6) is 5.75 Å². The fraction of sp³-hybridized carbons (Fsp3) is 0.227. The lowest BCUT2D eigenvalue weighted by molar-refractivity contribution is -0.137. The van der Waals surface area contributed by atoms with Crippen molar-refractivity contribution in [1.29, 1.82) is 0 Å². The van der Waals surface area contributed by atoms with Crippen LogP contribution in [0.4, 0.5) is 18.9 Å². The molecule has 1 aliphatic rings. The second kappa shape index (κ2) is 8.37. The van der Waals surface area contributed by atoms with Crippen LogP contribution in [-0.2, 0) is 6.18 Å². The molecule has 1 fully saturated rings.